The summed E-state index contributed by atoms with van der Waals surface area (Å²) in [5.74, 6) is 0. The van der Waals surface area contributed by atoms with Crippen molar-refractivity contribution in [3.63, 3.8) is 0 Å². The lowest BCUT2D eigenvalue weighted by Crippen LogP contribution is -1.96. The van der Waals surface area contributed by atoms with Crippen molar-refractivity contribution in [1.29, 1.82) is 0 Å². The first-order chi connectivity index (χ1) is 9.63. The average Bonchev–Trinajstić information content (AvgIpc) is 2.79. The number of aromatic nitrogens is 1. The molecule has 1 aromatic carbocycles. The van der Waals surface area contributed by atoms with Gasteiger partial charge in [0.2, 0.25) is 0 Å². The van der Waals surface area contributed by atoms with E-state index in [-0.39, 0.29) is 5.38 Å². The van der Waals surface area contributed by atoms with E-state index < -0.39 is 0 Å². The van der Waals surface area contributed by atoms with Crippen LogP contribution in [0.15, 0.2) is 46.3 Å². The zero-order valence-corrected chi connectivity index (χ0v) is 14.1. The second-order valence-electron chi connectivity index (χ2n) is 4.77. The van der Waals surface area contributed by atoms with Crippen molar-refractivity contribution in [2.24, 2.45) is 0 Å². The van der Waals surface area contributed by atoms with Crippen LogP contribution in [0.1, 0.15) is 21.5 Å². The molecule has 1 nitrogen and oxygen atoms in total. The summed E-state index contributed by atoms with van der Waals surface area (Å²) in [6.45, 7) is 2.09. The van der Waals surface area contributed by atoms with Crippen LogP contribution in [0.5, 0.6) is 0 Å². The molecule has 102 valence electrons. The van der Waals surface area contributed by atoms with Crippen LogP contribution in [0.2, 0.25) is 0 Å². The Morgan fingerprint density at radius 2 is 2.05 bits per heavy atom. The highest BCUT2D eigenvalue weighted by atomic mass is 79.9. The fourth-order valence-corrected chi connectivity index (χ4v) is 4.05. The molecule has 2 heterocycles. The molecule has 0 aliphatic rings. The number of thiophene rings is 1. The third-order valence-electron chi connectivity index (χ3n) is 3.23. The molecule has 1 unspecified atom stereocenters. The molecule has 0 N–H and O–H groups in total. The molecule has 2 aromatic heterocycles. The maximum absolute atomic E-state index is 6.53. The van der Waals surface area contributed by atoms with Gasteiger partial charge in [0, 0.05) is 22.4 Å². The summed E-state index contributed by atoms with van der Waals surface area (Å²) in [4.78, 5) is 5.86. The van der Waals surface area contributed by atoms with E-state index in [0.717, 1.165) is 26.8 Å². The number of pyridine rings is 1. The molecule has 3 aromatic rings. The zero-order valence-electron chi connectivity index (χ0n) is 10.9. The van der Waals surface area contributed by atoms with Crippen molar-refractivity contribution in [2.45, 2.75) is 18.7 Å². The predicted molar refractivity (Wildman–Crippen MR) is 90.8 cm³/mol. The Labute approximate surface area is 135 Å². The van der Waals surface area contributed by atoms with Crippen LogP contribution in [-0.4, -0.2) is 4.98 Å². The Hall–Kier alpha value is -0.900. The van der Waals surface area contributed by atoms with Gasteiger partial charge in [-0.15, -0.1) is 22.9 Å². The van der Waals surface area contributed by atoms with E-state index in [1.165, 1.54) is 10.4 Å². The number of nitrogens with zero attached hydrogens (tertiary/aromatic N) is 1. The summed E-state index contributed by atoms with van der Waals surface area (Å²) in [7, 11) is 0. The van der Waals surface area contributed by atoms with Gasteiger partial charge in [0.1, 0.15) is 0 Å². The van der Waals surface area contributed by atoms with Gasteiger partial charge in [-0.1, -0.05) is 24.3 Å². The molecule has 0 bridgehead atoms. The van der Waals surface area contributed by atoms with E-state index in [0.29, 0.717) is 0 Å². The smallest absolute Gasteiger partial charge is 0.0734 e. The zero-order chi connectivity index (χ0) is 14.1. The Morgan fingerprint density at radius 1 is 1.25 bits per heavy atom. The number of hydrogen-bond donors (Lipinski definition) is 0. The van der Waals surface area contributed by atoms with Crippen LogP contribution in [-0.2, 0) is 6.42 Å². The van der Waals surface area contributed by atoms with Gasteiger partial charge in [-0.2, -0.15) is 0 Å². The van der Waals surface area contributed by atoms with Crippen molar-refractivity contribution < 1.29 is 0 Å². The summed E-state index contributed by atoms with van der Waals surface area (Å²) in [5, 5.41) is 1.13. The normalized spacial score (nSPS) is 12.8. The third-order valence-corrected chi connectivity index (χ3v) is 6.00. The monoisotopic (exact) mass is 365 g/mol. The molecular weight excluding hydrogens is 354 g/mol. The number of para-hydroxylation sites is 1. The molecule has 1 atom stereocenters. The molecular formula is C16H13BrClNS. The summed E-state index contributed by atoms with van der Waals surface area (Å²) < 4.78 is 1.16. The Balaban J connectivity index is 1.85. The minimum atomic E-state index is -0.0290. The van der Waals surface area contributed by atoms with E-state index in [1.54, 1.807) is 11.3 Å². The molecule has 20 heavy (non-hydrogen) atoms. The highest BCUT2D eigenvalue weighted by Gasteiger charge is 2.14. The molecule has 0 amide bonds. The summed E-state index contributed by atoms with van der Waals surface area (Å²) >= 11 is 11.8. The molecule has 0 radical (unpaired) electrons. The van der Waals surface area contributed by atoms with Crippen molar-refractivity contribution in [3.8, 4) is 0 Å². The third kappa shape index (κ3) is 2.90. The molecule has 0 saturated carbocycles. The van der Waals surface area contributed by atoms with E-state index in [1.807, 2.05) is 18.2 Å². The van der Waals surface area contributed by atoms with Gasteiger partial charge in [-0.25, -0.2) is 0 Å². The van der Waals surface area contributed by atoms with E-state index in [9.17, 15) is 0 Å². The standard InChI is InChI=1S/C16H13BrClNS/c1-10-8-15(20-16(10)17)13(18)9-12-7-6-11-4-2-3-5-14(11)19-12/h2-8,13H,9H2,1H3. The number of alkyl halides is 1. The molecule has 4 heteroatoms. The molecule has 0 spiro atoms. The largest absolute Gasteiger partial charge is 0.253 e. The molecule has 3 rings (SSSR count). The fraction of sp³-hybridized carbons (Fsp3) is 0.188. The van der Waals surface area contributed by atoms with Crippen molar-refractivity contribution in [3.05, 3.63) is 62.4 Å². The Bertz CT molecular complexity index is 734. The van der Waals surface area contributed by atoms with Gasteiger partial charge in [0.05, 0.1) is 14.7 Å². The van der Waals surface area contributed by atoms with Gasteiger partial charge in [-0.3, -0.25) is 4.98 Å². The molecule has 0 saturated heterocycles. The molecule has 0 aliphatic heterocycles. The van der Waals surface area contributed by atoms with Crippen LogP contribution in [0, 0.1) is 6.92 Å². The number of benzene rings is 1. The maximum Gasteiger partial charge on any atom is 0.0734 e. The van der Waals surface area contributed by atoms with E-state index >= 15 is 0 Å². The highest BCUT2D eigenvalue weighted by molar-refractivity contribution is 9.11. The first-order valence-electron chi connectivity index (χ1n) is 6.38. The lowest BCUT2D eigenvalue weighted by Gasteiger charge is -2.07. The maximum atomic E-state index is 6.53. The lowest BCUT2D eigenvalue weighted by atomic mass is 10.1. The molecule has 0 fully saturated rings. The van der Waals surface area contributed by atoms with Crippen LogP contribution in [0.3, 0.4) is 0 Å². The van der Waals surface area contributed by atoms with Crippen LogP contribution in [0.25, 0.3) is 10.9 Å². The van der Waals surface area contributed by atoms with Gasteiger partial charge < -0.3 is 0 Å². The fourth-order valence-electron chi connectivity index (χ4n) is 2.14. The topological polar surface area (TPSA) is 12.9 Å². The molecule has 0 aliphatic carbocycles. The van der Waals surface area contributed by atoms with Crippen LogP contribution < -0.4 is 0 Å². The lowest BCUT2D eigenvalue weighted by molar-refractivity contribution is 0.904. The first-order valence-corrected chi connectivity index (χ1v) is 8.42. The Morgan fingerprint density at radius 3 is 2.80 bits per heavy atom. The van der Waals surface area contributed by atoms with Gasteiger partial charge in [0.15, 0.2) is 0 Å². The van der Waals surface area contributed by atoms with E-state index in [4.69, 9.17) is 11.6 Å². The van der Waals surface area contributed by atoms with Gasteiger partial charge in [0.25, 0.3) is 0 Å². The van der Waals surface area contributed by atoms with Crippen LogP contribution >= 0.6 is 38.9 Å². The van der Waals surface area contributed by atoms with Crippen LogP contribution in [0.4, 0.5) is 0 Å². The summed E-state index contributed by atoms with van der Waals surface area (Å²) in [6, 6.07) is 14.5. The number of aryl methyl sites for hydroxylation is 1. The summed E-state index contributed by atoms with van der Waals surface area (Å²) in [5.41, 5.74) is 3.30. The first kappa shape index (κ1) is 14.1. The number of halogens is 2. The van der Waals surface area contributed by atoms with Crippen molar-refractivity contribution in [1.82, 2.24) is 4.98 Å². The Kier molecular flexibility index (Phi) is 4.11. The highest BCUT2D eigenvalue weighted by Crippen LogP contribution is 2.35. The minimum Gasteiger partial charge on any atom is -0.253 e. The summed E-state index contributed by atoms with van der Waals surface area (Å²) in [6.07, 6.45) is 0.749. The number of rotatable bonds is 3. The second kappa shape index (κ2) is 5.84. The van der Waals surface area contributed by atoms with Gasteiger partial charge in [-0.05, 0) is 46.6 Å². The van der Waals surface area contributed by atoms with Crippen molar-refractivity contribution >= 4 is 49.8 Å². The number of hydrogen-bond acceptors (Lipinski definition) is 2. The quantitative estimate of drug-likeness (QED) is 0.527. The number of fused-ring (bicyclic) bond motifs is 1. The minimum absolute atomic E-state index is 0.0290. The van der Waals surface area contributed by atoms with Gasteiger partial charge >= 0.3 is 0 Å². The van der Waals surface area contributed by atoms with Crippen molar-refractivity contribution in [2.75, 3.05) is 0 Å². The SMILES string of the molecule is Cc1cc(C(Cl)Cc2ccc3ccccc3n2)sc1Br. The average molecular weight is 367 g/mol. The van der Waals surface area contributed by atoms with E-state index in [2.05, 4.69) is 52.1 Å². The predicted octanol–water partition coefficient (Wildman–Crippen LogP) is 5.89. The second-order valence-corrected chi connectivity index (χ2v) is 7.70.